The summed E-state index contributed by atoms with van der Waals surface area (Å²) in [7, 11) is 0. The van der Waals surface area contributed by atoms with Crippen LogP contribution in [0.4, 0.5) is 0 Å². The Bertz CT molecular complexity index is 634. The molecule has 2 aliphatic heterocycles. The first kappa shape index (κ1) is 17.3. The lowest BCUT2D eigenvalue weighted by Crippen LogP contribution is -2.46. The van der Waals surface area contributed by atoms with E-state index in [4.69, 9.17) is 16.4 Å². The van der Waals surface area contributed by atoms with E-state index in [0.717, 1.165) is 50.0 Å². The van der Waals surface area contributed by atoms with E-state index in [1.807, 2.05) is 29.2 Å². The maximum Gasteiger partial charge on any atom is 0.222 e. The van der Waals surface area contributed by atoms with Crippen LogP contribution >= 0.6 is 11.6 Å². The van der Waals surface area contributed by atoms with Gasteiger partial charge in [0.25, 0.3) is 0 Å². The number of oxime groups is 1. The summed E-state index contributed by atoms with van der Waals surface area (Å²) in [5, 5.41) is 5.01. The number of carbonyl (C=O) groups excluding carboxylic acids is 1. The van der Waals surface area contributed by atoms with E-state index in [0.29, 0.717) is 17.4 Å². The van der Waals surface area contributed by atoms with Crippen LogP contribution in [-0.4, -0.2) is 35.2 Å². The zero-order valence-electron chi connectivity index (χ0n) is 14.4. The Morgan fingerprint density at radius 2 is 2.04 bits per heavy atom. The maximum atomic E-state index is 12.3. The molecule has 1 aromatic carbocycles. The molecule has 0 aliphatic carbocycles. The summed E-state index contributed by atoms with van der Waals surface area (Å²) in [6.07, 6.45) is 4.03. The van der Waals surface area contributed by atoms with Gasteiger partial charge in [-0.15, -0.1) is 0 Å². The second-order valence-corrected chi connectivity index (χ2v) is 7.69. The predicted molar refractivity (Wildman–Crippen MR) is 96.3 cm³/mol. The highest BCUT2D eigenvalue weighted by Crippen LogP contribution is 2.37. The van der Waals surface area contributed by atoms with Crippen LogP contribution in [0.25, 0.3) is 0 Å². The van der Waals surface area contributed by atoms with Crippen molar-refractivity contribution in [1.29, 1.82) is 0 Å². The van der Waals surface area contributed by atoms with E-state index >= 15 is 0 Å². The first-order valence-corrected chi connectivity index (χ1v) is 9.15. The van der Waals surface area contributed by atoms with Crippen LogP contribution in [0.2, 0.25) is 5.02 Å². The third kappa shape index (κ3) is 3.75. The Kier molecular flexibility index (Phi) is 5.14. The molecule has 1 fully saturated rings. The van der Waals surface area contributed by atoms with Gasteiger partial charge >= 0.3 is 0 Å². The molecule has 0 radical (unpaired) electrons. The van der Waals surface area contributed by atoms with Gasteiger partial charge in [-0.05, 0) is 18.4 Å². The van der Waals surface area contributed by atoms with Crippen molar-refractivity contribution in [2.24, 2.45) is 11.1 Å². The van der Waals surface area contributed by atoms with Gasteiger partial charge in [-0.2, -0.15) is 0 Å². The Hall–Kier alpha value is -1.55. The monoisotopic (exact) mass is 348 g/mol. The van der Waals surface area contributed by atoms with Gasteiger partial charge < -0.3 is 9.74 Å². The van der Waals surface area contributed by atoms with Gasteiger partial charge in [0.15, 0.2) is 0 Å². The van der Waals surface area contributed by atoms with Crippen molar-refractivity contribution in [2.75, 3.05) is 13.1 Å². The maximum absolute atomic E-state index is 12.3. The molecule has 5 heteroatoms. The summed E-state index contributed by atoms with van der Waals surface area (Å²) in [5.74, 6) is 0.832. The molecule has 1 saturated heterocycles. The molecule has 24 heavy (non-hydrogen) atoms. The molecule has 0 saturated carbocycles. The predicted octanol–water partition coefficient (Wildman–Crippen LogP) is 4.26. The molecule has 0 aromatic heterocycles. The quantitative estimate of drug-likeness (QED) is 0.815. The normalized spacial score (nSPS) is 19.5. The fourth-order valence-electron chi connectivity index (χ4n) is 3.36. The average Bonchev–Trinajstić information content (AvgIpc) is 2.97. The summed E-state index contributed by atoms with van der Waals surface area (Å²) in [4.78, 5) is 20.1. The van der Waals surface area contributed by atoms with Gasteiger partial charge in [-0.25, -0.2) is 0 Å². The molecule has 0 bridgehead atoms. The summed E-state index contributed by atoms with van der Waals surface area (Å²) in [6, 6.07) is 7.73. The first-order valence-electron chi connectivity index (χ1n) is 8.77. The van der Waals surface area contributed by atoms with Crippen LogP contribution in [0.3, 0.4) is 0 Å². The molecule has 0 unspecified atom stereocenters. The minimum absolute atomic E-state index is 0.261. The molecule has 130 valence electrons. The van der Waals surface area contributed by atoms with Gasteiger partial charge in [0.1, 0.15) is 5.60 Å². The number of hydrogen-bond donors (Lipinski definition) is 0. The lowest BCUT2D eigenvalue weighted by molar-refractivity contribution is -0.137. The summed E-state index contributed by atoms with van der Waals surface area (Å²) >= 11 is 6.27. The third-order valence-electron chi connectivity index (χ3n) is 4.99. The average molecular weight is 349 g/mol. The number of nitrogens with zero attached hydrogens (tertiary/aromatic N) is 2. The number of benzene rings is 1. The lowest BCUT2D eigenvalue weighted by Gasteiger charge is -2.37. The summed E-state index contributed by atoms with van der Waals surface area (Å²) < 4.78 is 0. The van der Waals surface area contributed by atoms with E-state index in [1.165, 1.54) is 0 Å². The number of halogens is 1. The van der Waals surface area contributed by atoms with Crippen LogP contribution in [0.5, 0.6) is 0 Å². The molecule has 2 aliphatic rings. The van der Waals surface area contributed by atoms with Crippen molar-refractivity contribution in [3.8, 4) is 0 Å². The number of likely N-dealkylation sites (tertiary alicyclic amines) is 1. The van der Waals surface area contributed by atoms with Crippen molar-refractivity contribution >= 4 is 23.2 Å². The van der Waals surface area contributed by atoms with Gasteiger partial charge in [-0.3, -0.25) is 4.79 Å². The summed E-state index contributed by atoms with van der Waals surface area (Å²) in [6.45, 7) is 5.81. The Morgan fingerprint density at radius 1 is 1.33 bits per heavy atom. The molecule has 4 nitrogen and oxygen atoms in total. The Morgan fingerprint density at radius 3 is 2.71 bits per heavy atom. The number of amides is 1. The molecule has 3 rings (SSSR count). The number of piperidine rings is 1. The van der Waals surface area contributed by atoms with E-state index < -0.39 is 0 Å². The van der Waals surface area contributed by atoms with Gasteiger partial charge in [0.2, 0.25) is 5.91 Å². The number of hydrogen-bond acceptors (Lipinski definition) is 3. The van der Waals surface area contributed by atoms with E-state index in [1.54, 1.807) is 0 Å². The van der Waals surface area contributed by atoms with E-state index in [-0.39, 0.29) is 11.5 Å². The van der Waals surface area contributed by atoms with Crippen molar-refractivity contribution < 1.29 is 9.63 Å². The van der Waals surface area contributed by atoms with Crippen molar-refractivity contribution in [3.05, 3.63) is 34.9 Å². The second-order valence-electron chi connectivity index (χ2n) is 7.28. The molecule has 2 heterocycles. The zero-order chi connectivity index (χ0) is 17.2. The fourth-order valence-corrected chi connectivity index (χ4v) is 3.61. The molecule has 1 spiro atoms. The molecule has 0 atom stereocenters. The molecule has 1 amide bonds. The first-order chi connectivity index (χ1) is 11.5. The van der Waals surface area contributed by atoms with Crippen LogP contribution in [0, 0.1) is 5.92 Å². The van der Waals surface area contributed by atoms with Crippen LogP contribution in [0.1, 0.15) is 51.5 Å². The van der Waals surface area contributed by atoms with Gasteiger partial charge in [-0.1, -0.05) is 48.8 Å². The van der Waals surface area contributed by atoms with Gasteiger partial charge in [0, 0.05) is 49.4 Å². The molecule has 1 aromatic rings. The Balaban J connectivity index is 1.56. The number of carbonyl (C=O) groups is 1. The highest BCUT2D eigenvalue weighted by molar-refractivity contribution is 6.34. The highest BCUT2D eigenvalue weighted by atomic mass is 35.5. The zero-order valence-corrected chi connectivity index (χ0v) is 15.2. The smallest absolute Gasteiger partial charge is 0.222 e. The standard InChI is InChI=1S/C19H25ClN2O2/c1-14(2)7-8-18(23)22-11-9-19(10-12-22)13-17(21-24-19)15-5-3-4-6-16(15)20/h3-6,14H,7-13H2,1-2H3. The van der Waals surface area contributed by atoms with Crippen molar-refractivity contribution in [1.82, 2.24) is 4.90 Å². The SMILES string of the molecule is CC(C)CCC(=O)N1CCC2(CC1)CC(c1ccccc1Cl)=NO2. The summed E-state index contributed by atoms with van der Waals surface area (Å²) in [5.41, 5.74) is 1.61. The Labute approximate surface area is 148 Å². The fraction of sp³-hybridized carbons (Fsp3) is 0.579. The van der Waals surface area contributed by atoms with Gasteiger partial charge in [0.05, 0.1) is 5.71 Å². The topological polar surface area (TPSA) is 41.9 Å². The molecular weight excluding hydrogens is 324 g/mol. The minimum atomic E-state index is -0.261. The second kappa shape index (κ2) is 7.14. The minimum Gasteiger partial charge on any atom is -0.388 e. The van der Waals surface area contributed by atoms with Crippen LogP contribution in [0.15, 0.2) is 29.4 Å². The molecular formula is C19H25ClN2O2. The lowest BCUT2D eigenvalue weighted by atomic mass is 9.85. The van der Waals surface area contributed by atoms with Crippen LogP contribution < -0.4 is 0 Å². The van der Waals surface area contributed by atoms with Crippen molar-refractivity contribution in [3.63, 3.8) is 0 Å². The van der Waals surface area contributed by atoms with E-state index in [9.17, 15) is 4.79 Å². The highest BCUT2D eigenvalue weighted by Gasteiger charge is 2.43. The largest absolute Gasteiger partial charge is 0.388 e. The van der Waals surface area contributed by atoms with E-state index in [2.05, 4.69) is 19.0 Å². The number of rotatable bonds is 4. The third-order valence-corrected chi connectivity index (χ3v) is 5.32. The molecule has 0 N–H and O–H groups in total. The van der Waals surface area contributed by atoms with Crippen molar-refractivity contribution in [2.45, 2.75) is 51.6 Å². The van der Waals surface area contributed by atoms with Crippen LogP contribution in [-0.2, 0) is 9.63 Å².